The molecule has 0 N–H and O–H groups in total. The highest BCUT2D eigenvalue weighted by molar-refractivity contribution is 5.99. The minimum Gasteiger partial charge on any atom is -0.497 e. The number of hydrogen-bond acceptors (Lipinski definition) is 4. The molecule has 1 aromatic heterocycles. The van der Waals surface area contributed by atoms with E-state index in [0.717, 1.165) is 5.56 Å². The van der Waals surface area contributed by atoms with Crippen LogP contribution in [0.3, 0.4) is 0 Å². The molecule has 1 atom stereocenters. The van der Waals surface area contributed by atoms with Crippen LogP contribution in [-0.4, -0.2) is 24.5 Å². The van der Waals surface area contributed by atoms with E-state index in [0.29, 0.717) is 28.8 Å². The average molecular weight is 347 g/mol. The maximum atomic E-state index is 13.1. The van der Waals surface area contributed by atoms with E-state index in [1.165, 1.54) is 0 Å². The van der Waals surface area contributed by atoms with Gasteiger partial charge >= 0.3 is 0 Å². The van der Waals surface area contributed by atoms with Gasteiger partial charge in [0.2, 0.25) is 5.76 Å². The Balaban J connectivity index is 1.97. The fourth-order valence-corrected chi connectivity index (χ4v) is 3.43. The van der Waals surface area contributed by atoms with Crippen molar-refractivity contribution in [2.45, 2.75) is 6.04 Å². The molecule has 5 heteroatoms. The van der Waals surface area contributed by atoms with E-state index in [9.17, 15) is 9.59 Å². The Morgan fingerprint density at radius 1 is 1.15 bits per heavy atom. The number of para-hydroxylation sites is 1. The van der Waals surface area contributed by atoms with Gasteiger partial charge in [-0.05, 0) is 29.8 Å². The smallest absolute Gasteiger partial charge is 0.291 e. The highest BCUT2D eigenvalue weighted by Gasteiger charge is 2.42. The van der Waals surface area contributed by atoms with Crippen LogP contribution in [0.25, 0.3) is 11.0 Å². The summed E-state index contributed by atoms with van der Waals surface area (Å²) in [5, 5.41) is 0.470. The summed E-state index contributed by atoms with van der Waals surface area (Å²) in [6.07, 6.45) is 1.64. The highest BCUT2D eigenvalue weighted by atomic mass is 16.5. The van der Waals surface area contributed by atoms with Crippen LogP contribution in [0, 0.1) is 0 Å². The molecule has 130 valence electrons. The predicted octanol–water partition coefficient (Wildman–Crippen LogP) is 3.53. The predicted molar refractivity (Wildman–Crippen MR) is 98.6 cm³/mol. The van der Waals surface area contributed by atoms with E-state index in [4.69, 9.17) is 9.15 Å². The zero-order valence-electron chi connectivity index (χ0n) is 14.3. The summed E-state index contributed by atoms with van der Waals surface area (Å²) in [6.45, 7) is 4.05. The van der Waals surface area contributed by atoms with Crippen LogP contribution in [0.4, 0.5) is 0 Å². The van der Waals surface area contributed by atoms with Crippen molar-refractivity contribution in [1.82, 2.24) is 4.90 Å². The van der Waals surface area contributed by atoms with E-state index in [1.807, 2.05) is 24.3 Å². The number of methoxy groups -OCH3 is 1. The molecule has 0 spiro atoms. The van der Waals surface area contributed by atoms with Crippen LogP contribution >= 0.6 is 0 Å². The van der Waals surface area contributed by atoms with E-state index in [2.05, 4.69) is 6.58 Å². The second-order valence-electron chi connectivity index (χ2n) is 6.09. The van der Waals surface area contributed by atoms with E-state index >= 15 is 0 Å². The van der Waals surface area contributed by atoms with Gasteiger partial charge in [0.1, 0.15) is 11.3 Å². The quantitative estimate of drug-likeness (QED) is 0.678. The third-order valence-corrected chi connectivity index (χ3v) is 4.63. The Hall–Kier alpha value is -3.34. The van der Waals surface area contributed by atoms with Gasteiger partial charge in [-0.2, -0.15) is 0 Å². The first kappa shape index (κ1) is 16.1. The van der Waals surface area contributed by atoms with E-state index in [1.54, 1.807) is 42.4 Å². The molecule has 0 fully saturated rings. The van der Waals surface area contributed by atoms with Gasteiger partial charge in [-0.25, -0.2) is 0 Å². The monoisotopic (exact) mass is 347 g/mol. The van der Waals surface area contributed by atoms with Crippen molar-refractivity contribution >= 4 is 16.9 Å². The minimum atomic E-state index is -0.512. The molecule has 1 aliphatic heterocycles. The molecule has 2 heterocycles. The molecule has 0 unspecified atom stereocenters. The molecule has 26 heavy (non-hydrogen) atoms. The van der Waals surface area contributed by atoms with Gasteiger partial charge in [0.15, 0.2) is 5.43 Å². The summed E-state index contributed by atoms with van der Waals surface area (Å²) in [6, 6.07) is 13.8. The number of fused-ring (bicyclic) bond motifs is 2. The number of hydrogen-bond donors (Lipinski definition) is 0. The van der Waals surface area contributed by atoms with Crippen molar-refractivity contribution in [3.05, 3.63) is 88.3 Å². The van der Waals surface area contributed by atoms with Gasteiger partial charge in [0.05, 0.1) is 24.1 Å². The van der Waals surface area contributed by atoms with Crippen molar-refractivity contribution in [2.75, 3.05) is 13.7 Å². The number of ether oxygens (including phenoxy) is 1. The van der Waals surface area contributed by atoms with Gasteiger partial charge < -0.3 is 14.1 Å². The van der Waals surface area contributed by atoms with Gasteiger partial charge in [-0.1, -0.05) is 30.3 Å². The summed E-state index contributed by atoms with van der Waals surface area (Å²) in [7, 11) is 1.59. The molecule has 1 aliphatic rings. The molecule has 4 rings (SSSR count). The van der Waals surface area contributed by atoms with Crippen LogP contribution in [0.1, 0.15) is 27.7 Å². The molecule has 3 aromatic rings. The second-order valence-corrected chi connectivity index (χ2v) is 6.09. The van der Waals surface area contributed by atoms with Gasteiger partial charge in [0.25, 0.3) is 5.91 Å². The number of benzene rings is 2. The molecule has 0 aliphatic carbocycles. The van der Waals surface area contributed by atoms with E-state index in [-0.39, 0.29) is 17.1 Å². The Morgan fingerprint density at radius 3 is 2.58 bits per heavy atom. The molecule has 0 radical (unpaired) electrons. The standard InChI is InChI=1S/C21H17NO4/c1-3-12-22-18(13-8-10-14(25-2)11-9-13)17-19(23)15-6-4-5-7-16(15)26-20(17)21(22)24/h3-11,18H,1,12H2,2H3/t18-/m0/s1. The Kier molecular flexibility index (Phi) is 3.84. The fraction of sp³-hybridized carbons (Fsp3) is 0.143. The van der Waals surface area contributed by atoms with Crippen LogP contribution in [0.2, 0.25) is 0 Å². The number of carbonyl (C=O) groups excluding carboxylic acids is 1. The summed E-state index contributed by atoms with van der Waals surface area (Å²) in [4.78, 5) is 27.6. The van der Waals surface area contributed by atoms with Crippen LogP contribution < -0.4 is 10.2 Å². The molecule has 2 aromatic carbocycles. The summed E-state index contributed by atoms with van der Waals surface area (Å²) >= 11 is 0. The molecule has 1 amide bonds. The van der Waals surface area contributed by atoms with Crippen molar-refractivity contribution in [2.24, 2.45) is 0 Å². The lowest BCUT2D eigenvalue weighted by atomic mass is 9.98. The van der Waals surface area contributed by atoms with Crippen molar-refractivity contribution in [3.8, 4) is 5.75 Å². The topological polar surface area (TPSA) is 59.8 Å². The van der Waals surface area contributed by atoms with Crippen LogP contribution in [0.15, 0.2) is 70.4 Å². The summed E-state index contributed by atoms with van der Waals surface area (Å²) in [5.74, 6) is 0.513. The van der Waals surface area contributed by atoms with Crippen molar-refractivity contribution in [1.29, 1.82) is 0 Å². The molecule has 0 bridgehead atoms. The third kappa shape index (κ3) is 2.32. The zero-order valence-corrected chi connectivity index (χ0v) is 14.3. The van der Waals surface area contributed by atoms with E-state index < -0.39 is 6.04 Å². The fourth-order valence-electron chi connectivity index (χ4n) is 3.43. The van der Waals surface area contributed by atoms with Gasteiger partial charge in [-0.15, -0.1) is 6.58 Å². The maximum Gasteiger partial charge on any atom is 0.291 e. The third-order valence-electron chi connectivity index (χ3n) is 4.63. The molecular formula is C21H17NO4. The van der Waals surface area contributed by atoms with Gasteiger partial charge in [0, 0.05) is 6.54 Å². The van der Waals surface area contributed by atoms with Gasteiger partial charge in [-0.3, -0.25) is 9.59 Å². The second kappa shape index (κ2) is 6.19. The number of nitrogens with zero attached hydrogens (tertiary/aromatic N) is 1. The lowest BCUT2D eigenvalue weighted by molar-refractivity contribution is 0.0748. The number of amides is 1. The van der Waals surface area contributed by atoms with Crippen LogP contribution in [0.5, 0.6) is 5.75 Å². The van der Waals surface area contributed by atoms with Crippen LogP contribution in [-0.2, 0) is 0 Å². The Labute approximate surface area is 150 Å². The average Bonchev–Trinajstić information content (AvgIpc) is 2.95. The summed E-state index contributed by atoms with van der Waals surface area (Å²) < 4.78 is 11.0. The highest BCUT2D eigenvalue weighted by Crippen LogP contribution is 2.38. The SMILES string of the molecule is C=CCN1C(=O)c2oc3ccccc3c(=O)c2[C@@H]1c1ccc(OC)cc1. The lowest BCUT2D eigenvalue weighted by Gasteiger charge is -2.23. The minimum absolute atomic E-state index is 0.108. The van der Waals surface area contributed by atoms with Crippen molar-refractivity contribution < 1.29 is 13.9 Å². The molecule has 5 nitrogen and oxygen atoms in total. The first-order valence-electron chi connectivity index (χ1n) is 8.27. The first-order valence-corrected chi connectivity index (χ1v) is 8.27. The molecule has 0 saturated heterocycles. The zero-order chi connectivity index (χ0) is 18.3. The van der Waals surface area contributed by atoms with Crippen molar-refractivity contribution in [3.63, 3.8) is 0 Å². The summed E-state index contributed by atoms with van der Waals surface area (Å²) in [5.41, 5.74) is 1.43. The maximum absolute atomic E-state index is 13.1. The molecule has 0 saturated carbocycles. The first-order chi connectivity index (χ1) is 12.7. The Bertz CT molecular complexity index is 1070. The largest absolute Gasteiger partial charge is 0.497 e. The lowest BCUT2D eigenvalue weighted by Crippen LogP contribution is -2.29. The normalized spacial score (nSPS) is 16.0. The molecular weight excluding hydrogens is 330 g/mol. The number of carbonyl (C=O) groups is 1. The number of rotatable bonds is 4. The Morgan fingerprint density at radius 2 is 1.88 bits per heavy atom.